The van der Waals surface area contributed by atoms with Gasteiger partial charge in [-0.2, -0.15) is 0 Å². The quantitative estimate of drug-likeness (QED) is 0.895. The molecule has 1 saturated heterocycles. The Morgan fingerprint density at radius 1 is 1.71 bits per heavy atom. The average molecular weight is 278 g/mol. The van der Waals surface area contributed by atoms with E-state index in [-0.39, 0.29) is 6.04 Å². The van der Waals surface area contributed by atoms with Gasteiger partial charge in [0, 0.05) is 27.2 Å². The van der Waals surface area contributed by atoms with Crippen molar-refractivity contribution in [3.63, 3.8) is 0 Å². The second-order valence-corrected chi connectivity index (χ2v) is 5.57. The van der Waals surface area contributed by atoms with E-state index in [1.165, 1.54) is 0 Å². The number of hydrogen-bond donors (Lipinski definition) is 1. The Hall–Kier alpha value is 0.0700. The molecule has 1 aliphatic rings. The first-order chi connectivity index (χ1) is 6.75. The number of nitrogens with one attached hydrogen (secondary N) is 1. The third-order valence-corrected chi connectivity index (χ3v) is 4.27. The lowest BCUT2D eigenvalue weighted by atomic mass is 10.1. The molecule has 4 heteroatoms. The van der Waals surface area contributed by atoms with Crippen molar-refractivity contribution in [3.8, 4) is 0 Å². The Labute approximate surface area is 95.8 Å². The Kier molecular flexibility index (Phi) is 3.57. The minimum Gasteiger partial charge on any atom is -0.311 e. The fourth-order valence-corrected chi connectivity index (χ4v) is 3.31. The summed E-state index contributed by atoms with van der Waals surface area (Å²) in [7, 11) is 0. The standard InChI is InChI=1S/C10H13BrFNS/c11-7-4-8(14-6-7)5-9(12)10-2-1-3-13-10/h4,6,9-10,13H,1-3,5H2. The summed E-state index contributed by atoms with van der Waals surface area (Å²) < 4.78 is 14.8. The molecule has 0 saturated carbocycles. The first-order valence-electron chi connectivity index (χ1n) is 4.86. The third-order valence-electron chi connectivity index (χ3n) is 2.55. The molecule has 1 nitrogen and oxygen atoms in total. The molecule has 0 spiro atoms. The van der Waals surface area contributed by atoms with E-state index >= 15 is 0 Å². The molecule has 14 heavy (non-hydrogen) atoms. The van der Waals surface area contributed by atoms with E-state index in [2.05, 4.69) is 21.2 Å². The van der Waals surface area contributed by atoms with Gasteiger partial charge in [0.15, 0.2) is 0 Å². The molecular formula is C10H13BrFNS. The Morgan fingerprint density at radius 3 is 3.14 bits per heavy atom. The summed E-state index contributed by atoms with van der Waals surface area (Å²) in [6.45, 7) is 0.971. The summed E-state index contributed by atoms with van der Waals surface area (Å²) in [5, 5.41) is 5.21. The first kappa shape index (κ1) is 10.6. The maximum atomic E-state index is 13.7. The van der Waals surface area contributed by atoms with Gasteiger partial charge in [-0.15, -0.1) is 11.3 Å². The van der Waals surface area contributed by atoms with E-state index in [0.717, 1.165) is 28.7 Å². The van der Waals surface area contributed by atoms with Crippen molar-refractivity contribution in [3.05, 3.63) is 20.8 Å². The van der Waals surface area contributed by atoms with Gasteiger partial charge in [-0.1, -0.05) is 0 Å². The van der Waals surface area contributed by atoms with Crippen molar-refractivity contribution in [2.24, 2.45) is 0 Å². The first-order valence-corrected chi connectivity index (χ1v) is 6.53. The summed E-state index contributed by atoms with van der Waals surface area (Å²) in [5.41, 5.74) is 0. The Bertz CT molecular complexity index is 296. The molecule has 2 heterocycles. The van der Waals surface area contributed by atoms with Crippen LogP contribution in [-0.2, 0) is 6.42 Å². The highest BCUT2D eigenvalue weighted by atomic mass is 79.9. The lowest BCUT2D eigenvalue weighted by Crippen LogP contribution is -2.32. The Balaban J connectivity index is 1.90. The molecule has 1 N–H and O–H groups in total. The molecule has 1 aliphatic heterocycles. The topological polar surface area (TPSA) is 12.0 Å². The number of alkyl halides is 1. The molecule has 2 rings (SSSR count). The van der Waals surface area contributed by atoms with Crippen molar-refractivity contribution in [1.29, 1.82) is 0 Å². The summed E-state index contributed by atoms with van der Waals surface area (Å²) in [6, 6.07) is 2.09. The van der Waals surface area contributed by atoms with Gasteiger partial charge in [0.2, 0.25) is 0 Å². The molecule has 1 fully saturated rings. The number of halogens is 2. The van der Waals surface area contributed by atoms with Crippen molar-refractivity contribution in [2.75, 3.05) is 6.54 Å². The summed E-state index contributed by atoms with van der Waals surface area (Å²) in [6.07, 6.45) is 1.91. The molecule has 2 unspecified atom stereocenters. The van der Waals surface area contributed by atoms with Crippen LogP contribution >= 0.6 is 27.3 Å². The maximum absolute atomic E-state index is 13.7. The van der Waals surface area contributed by atoms with Gasteiger partial charge >= 0.3 is 0 Å². The third kappa shape index (κ3) is 2.55. The minimum atomic E-state index is -0.733. The van der Waals surface area contributed by atoms with Crippen LogP contribution < -0.4 is 5.32 Å². The summed E-state index contributed by atoms with van der Waals surface area (Å²) in [5.74, 6) is 0. The largest absolute Gasteiger partial charge is 0.311 e. The van der Waals surface area contributed by atoms with Crippen molar-refractivity contribution in [1.82, 2.24) is 5.32 Å². The van der Waals surface area contributed by atoms with E-state index in [4.69, 9.17) is 0 Å². The zero-order valence-electron chi connectivity index (χ0n) is 7.80. The predicted octanol–water partition coefficient (Wildman–Crippen LogP) is 3.14. The number of rotatable bonds is 3. The van der Waals surface area contributed by atoms with Crippen LogP contribution in [0.4, 0.5) is 4.39 Å². The molecule has 1 aromatic rings. The van der Waals surface area contributed by atoms with Crippen LogP contribution in [0.3, 0.4) is 0 Å². The van der Waals surface area contributed by atoms with Gasteiger partial charge in [0.25, 0.3) is 0 Å². The highest BCUT2D eigenvalue weighted by molar-refractivity contribution is 9.10. The molecule has 1 aromatic heterocycles. The van der Waals surface area contributed by atoms with E-state index in [9.17, 15) is 4.39 Å². The van der Waals surface area contributed by atoms with Gasteiger partial charge in [0.05, 0.1) is 0 Å². The number of hydrogen-bond acceptors (Lipinski definition) is 2. The molecular weight excluding hydrogens is 265 g/mol. The van der Waals surface area contributed by atoms with Crippen LogP contribution in [0.25, 0.3) is 0 Å². The highest BCUT2D eigenvalue weighted by Crippen LogP contribution is 2.24. The lowest BCUT2D eigenvalue weighted by Gasteiger charge is -2.14. The molecule has 78 valence electrons. The lowest BCUT2D eigenvalue weighted by molar-refractivity contribution is 0.265. The Morgan fingerprint density at radius 2 is 2.57 bits per heavy atom. The van der Waals surface area contributed by atoms with E-state index in [0.29, 0.717) is 6.42 Å². The van der Waals surface area contributed by atoms with Crippen molar-refractivity contribution in [2.45, 2.75) is 31.5 Å². The van der Waals surface area contributed by atoms with E-state index in [1.807, 2.05) is 11.4 Å². The van der Waals surface area contributed by atoms with E-state index in [1.54, 1.807) is 11.3 Å². The molecule has 0 radical (unpaired) electrons. The average Bonchev–Trinajstić information content (AvgIpc) is 2.75. The van der Waals surface area contributed by atoms with Crippen LogP contribution in [0.15, 0.2) is 15.9 Å². The van der Waals surface area contributed by atoms with Crippen LogP contribution in [0.5, 0.6) is 0 Å². The predicted molar refractivity (Wildman–Crippen MR) is 61.6 cm³/mol. The van der Waals surface area contributed by atoms with Gasteiger partial charge in [-0.3, -0.25) is 0 Å². The fourth-order valence-electron chi connectivity index (χ4n) is 1.82. The highest BCUT2D eigenvalue weighted by Gasteiger charge is 2.24. The van der Waals surface area contributed by atoms with Gasteiger partial charge in [0.1, 0.15) is 6.17 Å². The second-order valence-electron chi connectivity index (χ2n) is 3.65. The summed E-state index contributed by atoms with van der Waals surface area (Å²) >= 11 is 5.00. The molecule has 0 amide bonds. The summed E-state index contributed by atoms with van der Waals surface area (Å²) in [4.78, 5) is 1.12. The molecule has 0 bridgehead atoms. The van der Waals surface area contributed by atoms with Crippen LogP contribution in [-0.4, -0.2) is 18.8 Å². The molecule has 2 atom stereocenters. The number of thiophene rings is 1. The van der Waals surface area contributed by atoms with Gasteiger partial charge < -0.3 is 5.32 Å². The smallest absolute Gasteiger partial charge is 0.120 e. The monoisotopic (exact) mass is 277 g/mol. The van der Waals surface area contributed by atoms with Crippen molar-refractivity contribution < 1.29 is 4.39 Å². The van der Waals surface area contributed by atoms with Crippen LogP contribution in [0, 0.1) is 0 Å². The maximum Gasteiger partial charge on any atom is 0.120 e. The fraction of sp³-hybridized carbons (Fsp3) is 0.600. The van der Waals surface area contributed by atoms with Crippen LogP contribution in [0.2, 0.25) is 0 Å². The molecule has 0 aliphatic carbocycles. The zero-order valence-corrected chi connectivity index (χ0v) is 10.2. The van der Waals surface area contributed by atoms with Crippen molar-refractivity contribution >= 4 is 27.3 Å². The zero-order chi connectivity index (χ0) is 9.97. The normalized spacial score (nSPS) is 24.0. The van der Waals surface area contributed by atoms with Crippen LogP contribution in [0.1, 0.15) is 17.7 Å². The SMILES string of the molecule is FC(Cc1cc(Br)cs1)C1CCCN1. The molecule has 0 aromatic carbocycles. The minimum absolute atomic E-state index is 0.0795. The second kappa shape index (κ2) is 4.73. The van der Waals surface area contributed by atoms with Gasteiger partial charge in [-0.05, 0) is 41.4 Å². The van der Waals surface area contributed by atoms with Gasteiger partial charge in [-0.25, -0.2) is 4.39 Å². The van der Waals surface area contributed by atoms with E-state index < -0.39 is 6.17 Å².